The lowest BCUT2D eigenvalue weighted by molar-refractivity contribution is 0.0683. The van der Waals surface area contributed by atoms with Gasteiger partial charge in [0, 0.05) is 18.8 Å². The van der Waals surface area contributed by atoms with Gasteiger partial charge in [0.05, 0.1) is 5.56 Å². The van der Waals surface area contributed by atoms with Crippen LogP contribution in [0.4, 0.5) is 4.39 Å². The second-order valence-corrected chi connectivity index (χ2v) is 6.57. The van der Waals surface area contributed by atoms with Crippen LogP contribution in [-0.2, 0) is 6.42 Å². The minimum atomic E-state index is -0.241. The largest absolute Gasteiger partial charge is 0.335 e. The zero-order valence-corrected chi connectivity index (χ0v) is 14.2. The minimum absolute atomic E-state index is 0.00632. The van der Waals surface area contributed by atoms with Crippen molar-refractivity contribution in [2.24, 2.45) is 0 Å². The SMILES string of the molecule is O=C(c1ccc(Cl)nc1)N(CCc1ccc(F)cc1)C1CCCC1. The Morgan fingerprint density at radius 2 is 1.88 bits per heavy atom. The van der Waals surface area contributed by atoms with E-state index in [-0.39, 0.29) is 17.8 Å². The molecule has 0 unspecified atom stereocenters. The van der Waals surface area contributed by atoms with Gasteiger partial charge in [0.15, 0.2) is 0 Å². The molecule has 2 aromatic rings. The first-order valence-electron chi connectivity index (χ1n) is 8.30. The van der Waals surface area contributed by atoms with Crippen LogP contribution < -0.4 is 0 Å². The van der Waals surface area contributed by atoms with E-state index in [2.05, 4.69) is 4.98 Å². The number of carbonyl (C=O) groups is 1. The first kappa shape index (κ1) is 16.9. The van der Waals surface area contributed by atoms with Crippen molar-refractivity contribution >= 4 is 17.5 Å². The van der Waals surface area contributed by atoms with Crippen molar-refractivity contribution in [2.45, 2.75) is 38.1 Å². The summed E-state index contributed by atoms with van der Waals surface area (Å²) in [5, 5.41) is 0.380. The Labute approximate surface area is 146 Å². The monoisotopic (exact) mass is 346 g/mol. The van der Waals surface area contributed by atoms with Crippen LogP contribution >= 0.6 is 11.6 Å². The third-order valence-electron chi connectivity index (χ3n) is 4.56. The Hall–Kier alpha value is -1.94. The molecule has 1 aromatic carbocycles. The van der Waals surface area contributed by atoms with Crippen molar-refractivity contribution in [1.82, 2.24) is 9.88 Å². The zero-order valence-electron chi connectivity index (χ0n) is 13.4. The van der Waals surface area contributed by atoms with Crippen LogP contribution in [-0.4, -0.2) is 28.4 Å². The van der Waals surface area contributed by atoms with E-state index in [1.54, 1.807) is 24.3 Å². The van der Waals surface area contributed by atoms with Gasteiger partial charge >= 0.3 is 0 Å². The predicted octanol–water partition coefficient (Wildman–Crippen LogP) is 4.50. The standard InChI is InChI=1S/C19H20ClFN2O/c20-18-10-7-15(13-22-18)19(24)23(17-3-1-2-4-17)12-11-14-5-8-16(21)9-6-14/h5-10,13,17H,1-4,11-12H2. The quantitative estimate of drug-likeness (QED) is 0.747. The molecule has 3 nitrogen and oxygen atoms in total. The fourth-order valence-corrected chi connectivity index (χ4v) is 3.35. The molecule has 0 aliphatic heterocycles. The number of carbonyl (C=O) groups excluding carboxylic acids is 1. The van der Waals surface area contributed by atoms with Gasteiger partial charge in [0.25, 0.3) is 5.91 Å². The minimum Gasteiger partial charge on any atom is -0.335 e. The lowest BCUT2D eigenvalue weighted by atomic mass is 10.1. The lowest BCUT2D eigenvalue weighted by Gasteiger charge is -2.29. The number of halogens is 2. The average Bonchev–Trinajstić information content (AvgIpc) is 3.11. The molecule has 0 radical (unpaired) electrons. The van der Waals surface area contributed by atoms with Crippen molar-refractivity contribution < 1.29 is 9.18 Å². The van der Waals surface area contributed by atoms with Crippen molar-refractivity contribution in [2.75, 3.05) is 6.54 Å². The molecule has 1 amide bonds. The number of hydrogen-bond donors (Lipinski definition) is 0. The fraction of sp³-hybridized carbons (Fsp3) is 0.368. The summed E-state index contributed by atoms with van der Waals surface area (Å²) in [5.41, 5.74) is 1.59. The van der Waals surface area contributed by atoms with Crippen molar-refractivity contribution in [3.8, 4) is 0 Å². The fourth-order valence-electron chi connectivity index (χ4n) is 3.23. The van der Waals surface area contributed by atoms with Gasteiger partial charge in [0.2, 0.25) is 0 Å². The number of amides is 1. The Morgan fingerprint density at radius 3 is 2.50 bits per heavy atom. The molecule has 1 heterocycles. The predicted molar refractivity (Wildman–Crippen MR) is 92.6 cm³/mol. The molecule has 0 saturated heterocycles. The Balaban J connectivity index is 1.74. The van der Waals surface area contributed by atoms with E-state index >= 15 is 0 Å². The maximum Gasteiger partial charge on any atom is 0.255 e. The molecule has 0 bridgehead atoms. The van der Waals surface area contributed by atoms with E-state index in [1.165, 1.54) is 18.3 Å². The van der Waals surface area contributed by atoms with E-state index < -0.39 is 0 Å². The maximum absolute atomic E-state index is 13.0. The number of benzene rings is 1. The highest BCUT2D eigenvalue weighted by atomic mass is 35.5. The highest BCUT2D eigenvalue weighted by Gasteiger charge is 2.27. The van der Waals surface area contributed by atoms with Gasteiger partial charge in [-0.2, -0.15) is 0 Å². The summed E-state index contributed by atoms with van der Waals surface area (Å²) < 4.78 is 13.0. The van der Waals surface area contributed by atoms with E-state index in [1.807, 2.05) is 4.90 Å². The third kappa shape index (κ3) is 4.12. The van der Waals surface area contributed by atoms with E-state index in [0.29, 0.717) is 23.7 Å². The molecule has 1 fully saturated rings. The first-order chi connectivity index (χ1) is 11.6. The summed E-state index contributed by atoms with van der Waals surface area (Å²) in [6.45, 7) is 0.623. The van der Waals surface area contributed by atoms with Crippen LogP contribution in [0.25, 0.3) is 0 Å². The molecular weight excluding hydrogens is 327 g/mol. The molecule has 0 atom stereocenters. The van der Waals surface area contributed by atoms with Gasteiger partial charge in [-0.3, -0.25) is 4.79 Å². The van der Waals surface area contributed by atoms with Crippen LogP contribution in [0.1, 0.15) is 41.6 Å². The first-order valence-corrected chi connectivity index (χ1v) is 8.68. The average molecular weight is 347 g/mol. The molecule has 1 aromatic heterocycles. The van der Waals surface area contributed by atoms with Gasteiger partial charge < -0.3 is 4.90 Å². The molecule has 3 rings (SSSR count). The highest BCUT2D eigenvalue weighted by molar-refractivity contribution is 6.29. The summed E-state index contributed by atoms with van der Waals surface area (Å²) in [6, 6.07) is 10.1. The Bertz CT molecular complexity index is 682. The van der Waals surface area contributed by atoms with Crippen LogP contribution in [0.2, 0.25) is 5.15 Å². The summed E-state index contributed by atoms with van der Waals surface area (Å²) in [4.78, 5) is 18.9. The van der Waals surface area contributed by atoms with Gasteiger partial charge in [0.1, 0.15) is 11.0 Å². The third-order valence-corrected chi connectivity index (χ3v) is 4.78. The van der Waals surface area contributed by atoms with Gasteiger partial charge in [-0.05, 0) is 49.1 Å². The summed E-state index contributed by atoms with van der Waals surface area (Å²) in [6.07, 6.45) is 6.63. The Kier molecular flexibility index (Phi) is 5.46. The topological polar surface area (TPSA) is 33.2 Å². The van der Waals surface area contributed by atoms with Crippen LogP contribution in [0.15, 0.2) is 42.6 Å². The highest BCUT2D eigenvalue weighted by Crippen LogP contribution is 2.25. The van der Waals surface area contributed by atoms with E-state index in [9.17, 15) is 9.18 Å². The summed E-state index contributed by atoms with van der Waals surface area (Å²) >= 11 is 5.81. The summed E-state index contributed by atoms with van der Waals surface area (Å²) in [7, 11) is 0. The van der Waals surface area contributed by atoms with Crippen molar-refractivity contribution in [3.05, 3.63) is 64.7 Å². The molecule has 126 valence electrons. The van der Waals surface area contributed by atoms with E-state index in [4.69, 9.17) is 11.6 Å². The second-order valence-electron chi connectivity index (χ2n) is 6.18. The molecular formula is C19H20ClFN2O. The van der Waals surface area contributed by atoms with Gasteiger partial charge in [-0.1, -0.05) is 36.6 Å². The normalized spacial score (nSPS) is 14.8. The Morgan fingerprint density at radius 1 is 1.17 bits per heavy atom. The molecule has 0 spiro atoms. The smallest absolute Gasteiger partial charge is 0.255 e. The second kappa shape index (κ2) is 7.75. The summed E-state index contributed by atoms with van der Waals surface area (Å²) in [5.74, 6) is -0.247. The molecule has 5 heteroatoms. The number of pyridine rings is 1. The molecule has 0 N–H and O–H groups in total. The van der Waals surface area contributed by atoms with Crippen LogP contribution in [0.3, 0.4) is 0 Å². The number of hydrogen-bond acceptors (Lipinski definition) is 2. The lowest BCUT2D eigenvalue weighted by Crippen LogP contribution is -2.40. The zero-order chi connectivity index (χ0) is 16.9. The molecule has 1 aliphatic rings. The number of aromatic nitrogens is 1. The molecule has 1 aliphatic carbocycles. The maximum atomic E-state index is 13.0. The van der Waals surface area contributed by atoms with Crippen molar-refractivity contribution in [1.29, 1.82) is 0 Å². The van der Waals surface area contributed by atoms with Gasteiger partial charge in [-0.15, -0.1) is 0 Å². The van der Waals surface area contributed by atoms with Crippen molar-refractivity contribution in [3.63, 3.8) is 0 Å². The van der Waals surface area contributed by atoms with Crippen LogP contribution in [0.5, 0.6) is 0 Å². The van der Waals surface area contributed by atoms with E-state index in [0.717, 1.165) is 31.2 Å². The number of nitrogens with zero attached hydrogens (tertiary/aromatic N) is 2. The number of rotatable bonds is 5. The molecule has 24 heavy (non-hydrogen) atoms. The van der Waals surface area contributed by atoms with Crippen LogP contribution in [0, 0.1) is 5.82 Å². The molecule has 1 saturated carbocycles. The van der Waals surface area contributed by atoms with Gasteiger partial charge in [-0.25, -0.2) is 9.37 Å².